The van der Waals surface area contributed by atoms with E-state index in [0.29, 0.717) is 21.7 Å². The fraction of sp³-hybridized carbons (Fsp3) is 0.167. The Morgan fingerprint density at radius 1 is 1.42 bits per heavy atom. The highest BCUT2D eigenvalue weighted by Crippen LogP contribution is 2.32. The largest absolute Gasteiger partial charge is 0.384 e. The van der Waals surface area contributed by atoms with E-state index in [9.17, 15) is 0 Å². The standard InChI is InChI=1S/C12H10ClN5S/c1-7(9-4-8(6-14)2-3-16-9)19-12-17-10(13)5-11(15)18-12/h2-5,7H,1H3,(H2,15,17,18). The van der Waals surface area contributed by atoms with Crippen molar-refractivity contribution in [2.75, 3.05) is 5.73 Å². The highest BCUT2D eigenvalue weighted by atomic mass is 35.5. The van der Waals surface area contributed by atoms with E-state index < -0.39 is 0 Å². The van der Waals surface area contributed by atoms with E-state index in [-0.39, 0.29) is 5.25 Å². The molecule has 2 aromatic heterocycles. The van der Waals surface area contributed by atoms with Gasteiger partial charge in [0.1, 0.15) is 11.0 Å². The highest BCUT2D eigenvalue weighted by Gasteiger charge is 2.12. The number of halogens is 1. The molecule has 0 radical (unpaired) electrons. The Balaban J connectivity index is 2.20. The molecule has 5 nitrogen and oxygen atoms in total. The third kappa shape index (κ3) is 3.56. The Bertz CT molecular complexity index is 620. The van der Waals surface area contributed by atoms with Crippen LogP contribution in [-0.4, -0.2) is 15.0 Å². The summed E-state index contributed by atoms with van der Waals surface area (Å²) in [6.07, 6.45) is 1.61. The predicted octanol–water partition coefficient (Wildman–Crippen LogP) is 2.83. The van der Waals surface area contributed by atoms with Crippen molar-refractivity contribution in [3.05, 3.63) is 40.8 Å². The van der Waals surface area contributed by atoms with Crippen molar-refractivity contribution in [2.24, 2.45) is 0 Å². The summed E-state index contributed by atoms with van der Waals surface area (Å²) in [6, 6.07) is 6.98. The molecule has 0 saturated heterocycles. The zero-order valence-corrected chi connectivity index (χ0v) is 11.6. The molecule has 0 spiro atoms. The van der Waals surface area contributed by atoms with Gasteiger partial charge in [-0.05, 0) is 19.1 Å². The van der Waals surface area contributed by atoms with Crippen molar-refractivity contribution in [1.82, 2.24) is 15.0 Å². The number of hydrogen-bond acceptors (Lipinski definition) is 6. The van der Waals surface area contributed by atoms with Gasteiger partial charge >= 0.3 is 0 Å². The zero-order chi connectivity index (χ0) is 13.8. The maximum Gasteiger partial charge on any atom is 0.191 e. The van der Waals surface area contributed by atoms with E-state index in [2.05, 4.69) is 21.0 Å². The Kier molecular flexibility index (Phi) is 4.20. The van der Waals surface area contributed by atoms with Crippen molar-refractivity contribution >= 4 is 29.2 Å². The van der Waals surface area contributed by atoms with Crippen LogP contribution in [0.1, 0.15) is 23.4 Å². The summed E-state index contributed by atoms with van der Waals surface area (Å²) in [5, 5.41) is 9.65. The van der Waals surface area contributed by atoms with Crippen molar-refractivity contribution in [3.63, 3.8) is 0 Å². The van der Waals surface area contributed by atoms with Crippen LogP contribution in [0.25, 0.3) is 0 Å². The average molecular weight is 292 g/mol. The van der Waals surface area contributed by atoms with Gasteiger partial charge in [0.15, 0.2) is 5.16 Å². The number of nitriles is 1. The monoisotopic (exact) mass is 291 g/mol. The summed E-state index contributed by atoms with van der Waals surface area (Å²) >= 11 is 7.21. The van der Waals surface area contributed by atoms with Gasteiger partial charge in [-0.3, -0.25) is 4.98 Å². The Morgan fingerprint density at radius 3 is 2.89 bits per heavy atom. The van der Waals surface area contributed by atoms with Crippen molar-refractivity contribution in [3.8, 4) is 6.07 Å². The molecule has 2 aromatic rings. The second-order valence-corrected chi connectivity index (χ2v) is 5.43. The number of anilines is 1. The summed E-state index contributed by atoms with van der Waals surface area (Å²) in [5.74, 6) is 0.327. The lowest BCUT2D eigenvalue weighted by atomic mass is 10.2. The number of nitrogens with zero attached hydrogens (tertiary/aromatic N) is 4. The number of nitrogen functional groups attached to an aromatic ring is 1. The lowest BCUT2D eigenvalue weighted by Gasteiger charge is -2.10. The minimum absolute atomic E-state index is 0.00818. The molecule has 2 heterocycles. The number of pyridine rings is 1. The molecule has 19 heavy (non-hydrogen) atoms. The summed E-state index contributed by atoms with van der Waals surface area (Å²) < 4.78 is 0. The fourth-order valence-corrected chi connectivity index (χ4v) is 2.54. The van der Waals surface area contributed by atoms with Crippen LogP contribution in [0.5, 0.6) is 0 Å². The maximum absolute atomic E-state index is 8.86. The van der Waals surface area contributed by atoms with E-state index in [1.165, 1.54) is 17.8 Å². The molecule has 96 valence electrons. The molecule has 2 rings (SSSR count). The van der Waals surface area contributed by atoms with Gasteiger partial charge in [0.05, 0.1) is 22.6 Å². The van der Waals surface area contributed by atoms with Gasteiger partial charge in [-0.15, -0.1) is 0 Å². The van der Waals surface area contributed by atoms with Crippen LogP contribution in [0.15, 0.2) is 29.6 Å². The molecule has 0 bridgehead atoms. The van der Waals surface area contributed by atoms with Crippen molar-refractivity contribution < 1.29 is 0 Å². The van der Waals surface area contributed by atoms with Crippen molar-refractivity contribution in [1.29, 1.82) is 5.26 Å². The molecule has 1 unspecified atom stereocenters. The van der Waals surface area contributed by atoms with Gasteiger partial charge in [0.2, 0.25) is 0 Å². The van der Waals surface area contributed by atoms with E-state index in [0.717, 1.165) is 5.69 Å². The van der Waals surface area contributed by atoms with Gasteiger partial charge in [-0.2, -0.15) is 5.26 Å². The number of thioether (sulfide) groups is 1. The first-order valence-corrected chi connectivity index (χ1v) is 6.67. The maximum atomic E-state index is 8.86. The Hall–Kier alpha value is -1.84. The molecule has 0 aromatic carbocycles. The quantitative estimate of drug-likeness (QED) is 0.531. The molecule has 2 N–H and O–H groups in total. The minimum atomic E-state index is -0.00818. The van der Waals surface area contributed by atoms with Crippen LogP contribution in [0.4, 0.5) is 5.82 Å². The zero-order valence-electron chi connectivity index (χ0n) is 10.0. The lowest BCUT2D eigenvalue weighted by molar-refractivity contribution is 0.944. The Labute approximate surface area is 119 Å². The van der Waals surface area contributed by atoms with Crippen molar-refractivity contribution in [2.45, 2.75) is 17.3 Å². The molecule has 0 amide bonds. The van der Waals surface area contributed by atoms with Crippen LogP contribution in [0.3, 0.4) is 0 Å². The topological polar surface area (TPSA) is 88.5 Å². The average Bonchev–Trinajstić information content (AvgIpc) is 2.37. The number of nitrogens with two attached hydrogens (primary N) is 1. The normalized spacial score (nSPS) is 11.8. The van der Waals surface area contributed by atoms with E-state index in [4.69, 9.17) is 22.6 Å². The Morgan fingerprint density at radius 2 is 2.21 bits per heavy atom. The van der Waals surface area contributed by atoms with E-state index >= 15 is 0 Å². The second-order valence-electron chi connectivity index (χ2n) is 3.74. The number of rotatable bonds is 3. The molecule has 0 aliphatic carbocycles. The summed E-state index contributed by atoms with van der Waals surface area (Å²) in [4.78, 5) is 12.4. The van der Waals surface area contributed by atoms with Gasteiger partial charge in [-0.1, -0.05) is 23.4 Å². The third-order valence-corrected chi connectivity index (χ3v) is 3.49. The molecular weight excluding hydrogens is 282 g/mol. The summed E-state index contributed by atoms with van der Waals surface area (Å²) in [7, 11) is 0. The van der Waals surface area contributed by atoms with Crippen LogP contribution >= 0.6 is 23.4 Å². The van der Waals surface area contributed by atoms with Crippen LogP contribution in [0.2, 0.25) is 5.15 Å². The molecule has 7 heteroatoms. The third-order valence-electron chi connectivity index (χ3n) is 2.30. The lowest BCUT2D eigenvalue weighted by Crippen LogP contribution is -1.98. The smallest absolute Gasteiger partial charge is 0.191 e. The molecule has 0 saturated carbocycles. The SMILES string of the molecule is CC(Sc1nc(N)cc(Cl)n1)c1cc(C#N)ccn1. The van der Waals surface area contributed by atoms with Gasteiger partial charge < -0.3 is 5.73 Å². The van der Waals surface area contributed by atoms with Gasteiger partial charge in [0.25, 0.3) is 0 Å². The van der Waals surface area contributed by atoms with E-state index in [1.54, 1.807) is 18.3 Å². The first kappa shape index (κ1) is 13.6. The summed E-state index contributed by atoms with van der Waals surface area (Å²) in [6.45, 7) is 1.95. The van der Waals surface area contributed by atoms with Gasteiger partial charge in [0, 0.05) is 12.3 Å². The van der Waals surface area contributed by atoms with Crippen LogP contribution < -0.4 is 5.73 Å². The highest BCUT2D eigenvalue weighted by molar-refractivity contribution is 7.99. The second kappa shape index (κ2) is 5.87. The molecule has 0 fully saturated rings. The minimum Gasteiger partial charge on any atom is -0.384 e. The number of hydrogen-bond donors (Lipinski definition) is 1. The molecular formula is C12H10ClN5S. The first-order chi connectivity index (χ1) is 9.08. The fourth-order valence-electron chi connectivity index (χ4n) is 1.42. The van der Waals surface area contributed by atoms with Crippen LogP contribution in [0, 0.1) is 11.3 Å². The predicted molar refractivity (Wildman–Crippen MR) is 74.7 cm³/mol. The van der Waals surface area contributed by atoms with Crippen LogP contribution in [-0.2, 0) is 0 Å². The molecule has 0 aliphatic heterocycles. The number of aromatic nitrogens is 3. The first-order valence-electron chi connectivity index (χ1n) is 5.41. The van der Waals surface area contributed by atoms with Gasteiger partial charge in [-0.25, -0.2) is 9.97 Å². The molecule has 0 aliphatic rings. The van der Waals surface area contributed by atoms with E-state index in [1.807, 2.05) is 6.92 Å². The summed E-state index contributed by atoms with van der Waals surface area (Å²) in [5.41, 5.74) is 6.97. The molecule has 1 atom stereocenters.